The second kappa shape index (κ2) is 5.96. The number of imidazole rings is 1. The van der Waals surface area contributed by atoms with Crippen LogP contribution in [0.4, 0.5) is 0 Å². The summed E-state index contributed by atoms with van der Waals surface area (Å²) in [5, 5.41) is 4.62. The predicted octanol–water partition coefficient (Wildman–Crippen LogP) is 2.08. The zero-order valence-corrected chi connectivity index (χ0v) is 14.4. The molecule has 0 aliphatic carbocycles. The molecule has 1 N–H and O–H groups in total. The average Bonchev–Trinajstić information content (AvgIpc) is 3.20. The van der Waals surface area contributed by atoms with Crippen LogP contribution in [0, 0.1) is 20.8 Å². The van der Waals surface area contributed by atoms with Gasteiger partial charge in [0.05, 0.1) is 29.8 Å². The summed E-state index contributed by atoms with van der Waals surface area (Å²) >= 11 is 0. The molecule has 0 saturated carbocycles. The van der Waals surface area contributed by atoms with Gasteiger partial charge in [0.15, 0.2) is 0 Å². The van der Waals surface area contributed by atoms with Crippen LogP contribution in [0.15, 0.2) is 16.8 Å². The van der Waals surface area contributed by atoms with Crippen molar-refractivity contribution < 1.29 is 14.1 Å². The minimum Gasteiger partial charge on any atom is -0.367 e. The second-order valence-electron chi connectivity index (χ2n) is 6.32. The molecule has 1 saturated heterocycles. The van der Waals surface area contributed by atoms with Gasteiger partial charge in [0.1, 0.15) is 11.9 Å². The van der Waals surface area contributed by atoms with E-state index in [2.05, 4.69) is 20.1 Å². The summed E-state index contributed by atoms with van der Waals surface area (Å²) in [4.78, 5) is 26.7. The molecule has 0 bridgehead atoms. The lowest BCUT2D eigenvalue weighted by atomic mass is 10.1. The first-order chi connectivity index (χ1) is 12.0. The first-order valence-electron chi connectivity index (χ1n) is 8.19. The minimum atomic E-state index is -0.256. The maximum Gasteiger partial charge on any atom is 0.258 e. The van der Waals surface area contributed by atoms with Crippen molar-refractivity contribution in [3.05, 3.63) is 40.7 Å². The fourth-order valence-electron chi connectivity index (χ4n) is 3.15. The molecule has 1 fully saturated rings. The Kier molecular flexibility index (Phi) is 3.76. The van der Waals surface area contributed by atoms with E-state index < -0.39 is 0 Å². The molecule has 0 radical (unpaired) electrons. The highest BCUT2D eigenvalue weighted by atomic mass is 16.5. The summed E-state index contributed by atoms with van der Waals surface area (Å²) in [6, 6.07) is 1.79. The number of amides is 1. The van der Waals surface area contributed by atoms with Crippen LogP contribution in [-0.2, 0) is 4.74 Å². The number of aromatic nitrogens is 4. The van der Waals surface area contributed by atoms with Crippen LogP contribution in [0.1, 0.15) is 39.4 Å². The van der Waals surface area contributed by atoms with Crippen LogP contribution < -0.4 is 0 Å². The molecule has 3 aromatic heterocycles. The van der Waals surface area contributed by atoms with Gasteiger partial charge in [0.25, 0.3) is 11.6 Å². The summed E-state index contributed by atoms with van der Waals surface area (Å²) in [7, 11) is 0. The van der Waals surface area contributed by atoms with Crippen LogP contribution >= 0.6 is 0 Å². The number of aryl methyl sites for hydroxylation is 3. The molecule has 0 spiro atoms. The normalized spacial score (nSPS) is 18.0. The number of rotatable bonds is 2. The van der Waals surface area contributed by atoms with Gasteiger partial charge in [0.2, 0.25) is 0 Å². The molecule has 1 aliphatic rings. The monoisotopic (exact) mass is 341 g/mol. The number of aromatic amines is 1. The van der Waals surface area contributed by atoms with Gasteiger partial charge in [-0.05, 0) is 26.8 Å². The summed E-state index contributed by atoms with van der Waals surface area (Å²) in [6.07, 6.45) is 1.50. The lowest BCUT2D eigenvalue weighted by molar-refractivity contribution is -0.0264. The van der Waals surface area contributed by atoms with Crippen LogP contribution in [0.25, 0.3) is 11.1 Å². The summed E-state index contributed by atoms with van der Waals surface area (Å²) in [6.45, 7) is 7.02. The Morgan fingerprint density at radius 2 is 2.20 bits per heavy atom. The highest BCUT2D eigenvalue weighted by molar-refractivity contribution is 6.06. The number of carbonyl (C=O) groups excluding carboxylic acids is 1. The van der Waals surface area contributed by atoms with Crippen LogP contribution in [0.5, 0.6) is 0 Å². The average molecular weight is 341 g/mol. The Balaban J connectivity index is 1.65. The third-order valence-corrected chi connectivity index (χ3v) is 4.36. The third kappa shape index (κ3) is 2.78. The van der Waals surface area contributed by atoms with E-state index in [1.807, 2.05) is 20.8 Å². The van der Waals surface area contributed by atoms with Gasteiger partial charge in [-0.25, -0.2) is 9.97 Å². The zero-order chi connectivity index (χ0) is 17.6. The Labute approximate surface area is 144 Å². The molecule has 1 atom stereocenters. The highest BCUT2D eigenvalue weighted by Crippen LogP contribution is 2.26. The number of pyridine rings is 1. The van der Waals surface area contributed by atoms with E-state index >= 15 is 0 Å². The van der Waals surface area contributed by atoms with Gasteiger partial charge in [-0.2, -0.15) is 0 Å². The van der Waals surface area contributed by atoms with E-state index in [4.69, 9.17) is 9.26 Å². The Hall–Kier alpha value is -2.74. The Bertz CT molecular complexity index is 945. The molecule has 3 aromatic rings. The van der Waals surface area contributed by atoms with Crippen molar-refractivity contribution in [2.24, 2.45) is 0 Å². The highest BCUT2D eigenvalue weighted by Gasteiger charge is 2.29. The van der Waals surface area contributed by atoms with E-state index in [9.17, 15) is 4.79 Å². The first kappa shape index (κ1) is 15.8. The van der Waals surface area contributed by atoms with E-state index in [-0.39, 0.29) is 12.0 Å². The van der Waals surface area contributed by atoms with Crippen molar-refractivity contribution in [2.75, 3.05) is 19.7 Å². The molecule has 1 aliphatic heterocycles. The fourth-order valence-corrected chi connectivity index (χ4v) is 3.15. The SMILES string of the molecule is Cc1cc(C(=O)N2CCO[C@H](c3ncc(C)[nH]3)C2)c2c(C)noc2n1. The smallest absolute Gasteiger partial charge is 0.258 e. The second-order valence-corrected chi connectivity index (χ2v) is 6.32. The molecule has 1 amide bonds. The van der Waals surface area contributed by atoms with Gasteiger partial charge < -0.3 is 19.1 Å². The maximum atomic E-state index is 13.1. The van der Waals surface area contributed by atoms with E-state index in [0.717, 1.165) is 17.2 Å². The molecule has 4 heterocycles. The molecule has 130 valence electrons. The van der Waals surface area contributed by atoms with Crippen LogP contribution in [0.2, 0.25) is 0 Å². The standard InChI is InChI=1S/C17H19N5O3/c1-9-6-12(14-11(3)21-25-16(14)20-9)17(23)22-4-5-24-13(8-22)15-18-7-10(2)19-15/h6-7,13H,4-5,8H2,1-3H3,(H,18,19)/t13-/m0/s1. The molecule has 25 heavy (non-hydrogen) atoms. The molecular weight excluding hydrogens is 322 g/mol. The predicted molar refractivity (Wildman–Crippen MR) is 89.2 cm³/mol. The topological polar surface area (TPSA) is 97.1 Å². The molecule has 0 aromatic carbocycles. The molecule has 0 unspecified atom stereocenters. The summed E-state index contributed by atoms with van der Waals surface area (Å²) < 4.78 is 11.0. The maximum absolute atomic E-state index is 13.1. The van der Waals surface area contributed by atoms with Crippen LogP contribution in [-0.4, -0.2) is 50.6 Å². The number of nitrogens with zero attached hydrogens (tertiary/aromatic N) is 4. The molecule has 4 rings (SSSR count). The Morgan fingerprint density at radius 3 is 2.96 bits per heavy atom. The van der Waals surface area contributed by atoms with E-state index in [1.54, 1.807) is 17.2 Å². The third-order valence-electron chi connectivity index (χ3n) is 4.36. The molecule has 8 heteroatoms. The van der Waals surface area contributed by atoms with Crippen molar-refractivity contribution in [2.45, 2.75) is 26.9 Å². The van der Waals surface area contributed by atoms with Crippen LogP contribution in [0.3, 0.4) is 0 Å². The van der Waals surface area contributed by atoms with Crippen molar-refractivity contribution >= 4 is 17.0 Å². The fraction of sp³-hybridized carbons (Fsp3) is 0.412. The van der Waals surface area contributed by atoms with Crippen molar-refractivity contribution in [1.82, 2.24) is 25.0 Å². The molecular formula is C17H19N5O3. The number of carbonyl (C=O) groups is 1. The summed E-state index contributed by atoms with van der Waals surface area (Å²) in [5.41, 5.74) is 3.31. The van der Waals surface area contributed by atoms with Gasteiger partial charge in [-0.15, -0.1) is 0 Å². The zero-order valence-electron chi connectivity index (χ0n) is 14.4. The number of hydrogen-bond donors (Lipinski definition) is 1. The minimum absolute atomic E-state index is 0.0709. The largest absolute Gasteiger partial charge is 0.367 e. The summed E-state index contributed by atoms with van der Waals surface area (Å²) in [5.74, 6) is 0.672. The van der Waals surface area contributed by atoms with Gasteiger partial charge in [-0.1, -0.05) is 5.16 Å². The number of hydrogen-bond acceptors (Lipinski definition) is 6. The molecule has 8 nitrogen and oxygen atoms in total. The van der Waals surface area contributed by atoms with Crippen molar-refractivity contribution in [3.8, 4) is 0 Å². The van der Waals surface area contributed by atoms with Gasteiger partial charge in [0, 0.05) is 24.1 Å². The van der Waals surface area contributed by atoms with E-state index in [0.29, 0.717) is 42.1 Å². The Morgan fingerprint density at radius 1 is 1.36 bits per heavy atom. The van der Waals surface area contributed by atoms with Crippen molar-refractivity contribution in [3.63, 3.8) is 0 Å². The number of morpholine rings is 1. The number of nitrogens with one attached hydrogen (secondary N) is 1. The first-order valence-corrected chi connectivity index (χ1v) is 8.19. The van der Waals surface area contributed by atoms with Gasteiger partial charge >= 0.3 is 0 Å². The lowest BCUT2D eigenvalue weighted by Gasteiger charge is -2.32. The van der Waals surface area contributed by atoms with E-state index in [1.165, 1.54) is 0 Å². The number of fused-ring (bicyclic) bond motifs is 1. The van der Waals surface area contributed by atoms with Gasteiger partial charge in [-0.3, -0.25) is 4.79 Å². The van der Waals surface area contributed by atoms with Crippen molar-refractivity contribution in [1.29, 1.82) is 0 Å². The lowest BCUT2D eigenvalue weighted by Crippen LogP contribution is -2.42. The quantitative estimate of drug-likeness (QED) is 0.766. The number of ether oxygens (including phenoxy) is 1. The number of H-pyrrole nitrogens is 1.